The van der Waals surface area contributed by atoms with E-state index in [1.807, 2.05) is 11.9 Å². The molecule has 0 saturated carbocycles. The van der Waals surface area contributed by atoms with Crippen molar-refractivity contribution in [2.75, 3.05) is 24.4 Å². The molecule has 2 aromatic rings. The van der Waals surface area contributed by atoms with Crippen LogP contribution in [0.5, 0.6) is 5.75 Å². The summed E-state index contributed by atoms with van der Waals surface area (Å²) in [4.78, 5) is 12.7. The fourth-order valence-corrected chi connectivity index (χ4v) is 2.09. The van der Waals surface area contributed by atoms with Crippen LogP contribution >= 0.6 is 0 Å². The number of nitrogens with one attached hydrogen (secondary N) is 1. The van der Waals surface area contributed by atoms with Crippen molar-refractivity contribution in [2.45, 2.75) is 6.54 Å². The van der Waals surface area contributed by atoms with Crippen LogP contribution in [0.3, 0.4) is 0 Å². The number of halogens is 1. The van der Waals surface area contributed by atoms with E-state index in [0.29, 0.717) is 18.0 Å². The molecule has 0 bridgehead atoms. The van der Waals surface area contributed by atoms with Gasteiger partial charge in [-0.05, 0) is 29.8 Å². The van der Waals surface area contributed by atoms with E-state index < -0.39 is 6.09 Å². The van der Waals surface area contributed by atoms with E-state index >= 15 is 0 Å². The highest BCUT2D eigenvalue weighted by Gasteiger charge is 2.10. The first-order valence-electron chi connectivity index (χ1n) is 6.63. The lowest BCUT2D eigenvalue weighted by Crippen LogP contribution is -2.16. The topological polar surface area (TPSA) is 61.8 Å². The van der Waals surface area contributed by atoms with Gasteiger partial charge in [-0.25, -0.2) is 9.18 Å². The van der Waals surface area contributed by atoms with Gasteiger partial charge >= 0.3 is 6.09 Å². The summed E-state index contributed by atoms with van der Waals surface area (Å²) in [5.74, 6) is 0.169. The monoisotopic (exact) mass is 304 g/mol. The van der Waals surface area contributed by atoms with Gasteiger partial charge < -0.3 is 14.7 Å². The van der Waals surface area contributed by atoms with Crippen molar-refractivity contribution in [3.05, 3.63) is 53.8 Å². The molecule has 2 rings (SSSR count). The molecule has 0 atom stereocenters. The molecule has 0 unspecified atom stereocenters. The van der Waals surface area contributed by atoms with Gasteiger partial charge in [0.15, 0.2) is 0 Å². The Morgan fingerprint density at radius 2 is 1.95 bits per heavy atom. The zero-order chi connectivity index (χ0) is 16.1. The predicted octanol–water partition coefficient (Wildman–Crippen LogP) is 3.56. The average Bonchev–Trinajstić information content (AvgIpc) is 2.49. The maximum Gasteiger partial charge on any atom is 0.409 e. The Morgan fingerprint density at radius 1 is 1.27 bits per heavy atom. The number of hydrogen-bond donors (Lipinski definition) is 2. The molecule has 5 nitrogen and oxygen atoms in total. The van der Waals surface area contributed by atoms with E-state index in [0.717, 1.165) is 11.3 Å². The van der Waals surface area contributed by atoms with E-state index in [9.17, 15) is 9.18 Å². The van der Waals surface area contributed by atoms with Gasteiger partial charge in [0.1, 0.15) is 11.6 Å². The van der Waals surface area contributed by atoms with Crippen molar-refractivity contribution >= 4 is 17.5 Å². The third kappa shape index (κ3) is 3.88. The Bertz CT molecular complexity index is 659. The summed E-state index contributed by atoms with van der Waals surface area (Å²) >= 11 is 0. The molecule has 0 fully saturated rings. The van der Waals surface area contributed by atoms with Crippen molar-refractivity contribution in [3.8, 4) is 5.75 Å². The van der Waals surface area contributed by atoms with Crippen molar-refractivity contribution in [2.24, 2.45) is 0 Å². The summed E-state index contributed by atoms with van der Waals surface area (Å²) in [5, 5.41) is 11.1. The zero-order valence-electron chi connectivity index (χ0n) is 12.3. The molecule has 0 aliphatic heterocycles. The van der Waals surface area contributed by atoms with Crippen LogP contribution in [0.1, 0.15) is 5.56 Å². The number of anilines is 2. The molecule has 0 aliphatic carbocycles. The maximum atomic E-state index is 12.9. The quantitative estimate of drug-likeness (QED) is 0.886. The van der Waals surface area contributed by atoms with E-state index in [-0.39, 0.29) is 5.82 Å². The Labute approximate surface area is 127 Å². The lowest BCUT2D eigenvalue weighted by molar-refractivity contribution is 0.209. The number of carbonyl (C=O) groups is 1. The highest BCUT2D eigenvalue weighted by atomic mass is 19.1. The lowest BCUT2D eigenvalue weighted by atomic mass is 10.2. The van der Waals surface area contributed by atoms with Crippen LogP contribution in [-0.4, -0.2) is 25.4 Å². The SMILES string of the molecule is COc1cc(N(C)Cc2ccc(F)cc2)ccc1NC(=O)O. The highest BCUT2D eigenvalue weighted by molar-refractivity contribution is 5.85. The second kappa shape index (κ2) is 6.80. The van der Waals surface area contributed by atoms with Crippen LogP contribution in [0.25, 0.3) is 0 Å². The molecular formula is C16H17FN2O3. The van der Waals surface area contributed by atoms with Crippen LogP contribution in [0.4, 0.5) is 20.6 Å². The third-order valence-corrected chi connectivity index (χ3v) is 3.20. The standard InChI is InChI=1S/C16H17FN2O3/c1-19(10-11-3-5-12(17)6-4-11)13-7-8-14(18-16(20)21)15(9-13)22-2/h3-9,18H,10H2,1-2H3,(H,20,21). The third-order valence-electron chi connectivity index (χ3n) is 3.20. The first-order valence-corrected chi connectivity index (χ1v) is 6.63. The molecule has 0 radical (unpaired) electrons. The lowest BCUT2D eigenvalue weighted by Gasteiger charge is -2.21. The number of nitrogens with zero attached hydrogens (tertiary/aromatic N) is 1. The number of rotatable bonds is 5. The van der Waals surface area contributed by atoms with Crippen LogP contribution in [0.15, 0.2) is 42.5 Å². The molecule has 22 heavy (non-hydrogen) atoms. The van der Waals surface area contributed by atoms with E-state index in [4.69, 9.17) is 9.84 Å². The largest absolute Gasteiger partial charge is 0.494 e. The average molecular weight is 304 g/mol. The molecule has 0 saturated heterocycles. The molecule has 1 amide bonds. The molecule has 2 aromatic carbocycles. The molecule has 2 N–H and O–H groups in total. The van der Waals surface area contributed by atoms with Gasteiger partial charge in [0, 0.05) is 25.3 Å². The molecule has 0 aliphatic rings. The summed E-state index contributed by atoms with van der Waals surface area (Å²) < 4.78 is 18.1. The van der Waals surface area contributed by atoms with Gasteiger partial charge in [0.25, 0.3) is 0 Å². The summed E-state index contributed by atoms with van der Waals surface area (Å²) in [6, 6.07) is 11.5. The van der Waals surface area contributed by atoms with E-state index in [2.05, 4.69) is 5.32 Å². The minimum absolute atomic E-state index is 0.267. The number of hydrogen-bond acceptors (Lipinski definition) is 3. The Balaban J connectivity index is 2.17. The van der Waals surface area contributed by atoms with Gasteiger partial charge in [0.05, 0.1) is 12.8 Å². The Hall–Kier alpha value is -2.76. The second-order valence-corrected chi connectivity index (χ2v) is 4.80. The van der Waals surface area contributed by atoms with Crippen molar-refractivity contribution < 1.29 is 19.0 Å². The van der Waals surface area contributed by atoms with E-state index in [1.165, 1.54) is 19.2 Å². The van der Waals surface area contributed by atoms with Crippen molar-refractivity contribution in [3.63, 3.8) is 0 Å². The molecule has 116 valence electrons. The second-order valence-electron chi connectivity index (χ2n) is 4.80. The first-order chi connectivity index (χ1) is 10.5. The zero-order valence-corrected chi connectivity index (χ0v) is 12.3. The van der Waals surface area contributed by atoms with Crippen LogP contribution in [0.2, 0.25) is 0 Å². The minimum atomic E-state index is -1.15. The molecule has 6 heteroatoms. The summed E-state index contributed by atoms with van der Waals surface area (Å²) in [6.07, 6.45) is -1.15. The van der Waals surface area contributed by atoms with Gasteiger partial charge in [-0.15, -0.1) is 0 Å². The van der Waals surface area contributed by atoms with E-state index in [1.54, 1.807) is 30.3 Å². The number of benzene rings is 2. The van der Waals surface area contributed by atoms with Gasteiger partial charge in [-0.2, -0.15) is 0 Å². The minimum Gasteiger partial charge on any atom is -0.494 e. The Morgan fingerprint density at radius 3 is 2.55 bits per heavy atom. The van der Waals surface area contributed by atoms with Crippen molar-refractivity contribution in [1.82, 2.24) is 0 Å². The smallest absolute Gasteiger partial charge is 0.409 e. The summed E-state index contributed by atoms with van der Waals surface area (Å²) in [5.41, 5.74) is 2.21. The normalized spacial score (nSPS) is 10.1. The van der Waals surface area contributed by atoms with Crippen LogP contribution < -0.4 is 15.0 Å². The van der Waals surface area contributed by atoms with Crippen LogP contribution in [0, 0.1) is 5.82 Å². The number of methoxy groups -OCH3 is 1. The molecular weight excluding hydrogens is 287 g/mol. The summed E-state index contributed by atoms with van der Waals surface area (Å²) in [6.45, 7) is 0.592. The van der Waals surface area contributed by atoms with Gasteiger partial charge in [0.2, 0.25) is 0 Å². The molecule has 0 spiro atoms. The fourth-order valence-electron chi connectivity index (χ4n) is 2.09. The van der Waals surface area contributed by atoms with Crippen molar-refractivity contribution in [1.29, 1.82) is 0 Å². The number of ether oxygens (including phenoxy) is 1. The summed E-state index contributed by atoms with van der Waals surface area (Å²) in [7, 11) is 3.37. The highest BCUT2D eigenvalue weighted by Crippen LogP contribution is 2.30. The Kier molecular flexibility index (Phi) is 4.83. The predicted molar refractivity (Wildman–Crippen MR) is 83.1 cm³/mol. The maximum absolute atomic E-state index is 12.9. The van der Waals surface area contributed by atoms with Crippen LogP contribution in [-0.2, 0) is 6.54 Å². The molecule has 0 aromatic heterocycles. The van der Waals surface area contributed by atoms with Gasteiger partial charge in [-0.3, -0.25) is 5.32 Å². The number of carboxylic acid groups (broad SMARTS) is 1. The molecule has 0 heterocycles. The van der Waals surface area contributed by atoms with Gasteiger partial charge in [-0.1, -0.05) is 12.1 Å². The fraction of sp³-hybridized carbons (Fsp3) is 0.188. The first kappa shape index (κ1) is 15.6. The number of amides is 1.